The summed E-state index contributed by atoms with van der Waals surface area (Å²) < 4.78 is 11.8. The lowest BCUT2D eigenvalue weighted by Crippen LogP contribution is -2.37. The van der Waals surface area contributed by atoms with Crippen LogP contribution in [0.1, 0.15) is 39.0 Å². The number of carbonyl (C=O) groups is 1. The van der Waals surface area contributed by atoms with Crippen molar-refractivity contribution in [1.29, 1.82) is 0 Å². The molecule has 0 radical (unpaired) electrons. The van der Waals surface area contributed by atoms with Gasteiger partial charge in [0.25, 0.3) is 5.56 Å². The molecule has 8 nitrogen and oxygen atoms in total. The Hall–Kier alpha value is -1.93. The topological polar surface area (TPSA) is 111 Å². The lowest BCUT2D eigenvalue weighted by Gasteiger charge is -2.23. The summed E-state index contributed by atoms with van der Waals surface area (Å²) in [6, 6.07) is 0. The summed E-state index contributed by atoms with van der Waals surface area (Å²) in [7, 11) is 0. The molecule has 1 fully saturated rings. The maximum absolute atomic E-state index is 12.0. The molecule has 0 unspecified atom stereocenters. The predicted octanol–water partition coefficient (Wildman–Crippen LogP) is -0.165. The third-order valence-electron chi connectivity index (χ3n) is 3.19. The van der Waals surface area contributed by atoms with Crippen molar-refractivity contribution in [3.05, 3.63) is 32.6 Å². The molecule has 2 heterocycles. The highest BCUT2D eigenvalue weighted by atomic mass is 16.6. The number of nitrogens with one attached hydrogen (secondary N) is 1. The van der Waals surface area contributed by atoms with E-state index in [9.17, 15) is 19.5 Å². The molecule has 122 valence electrons. The largest absolute Gasteiger partial charge is 0.458 e. The number of nitrogens with zero attached hydrogens (tertiary/aromatic N) is 1. The number of ether oxygens (including phenoxy) is 2. The zero-order chi connectivity index (χ0) is 16.7. The molecule has 1 aromatic rings. The minimum absolute atomic E-state index is 0.0509. The van der Waals surface area contributed by atoms with Crippen LogP contribution in [0.3, 0.4) is 0 Å². The lowest BCUT2D eigenvalue weighted by molar-refractivity contribution is -0.173. The first kappa shape index (κ1) is 16.4. The minimum atomic E-state index is -1.16. The second kappa shape index (κ2) is 5.69. The molecule has 0 aromatic carbocycles. The summed E-state index contributed by atoms with van der Waals surface area (Å²) in [5, 5.41) is 9.99. The SMILES string of the molecule is Cc1cn([C@H]2C[C@H](O)[C@@H](C(=O)OC(C)(C)C)O2)c(=O)[nH]c1=O. The van der Waals surface area contributed by atoms with Crippen LogP contribution in [0.2, 0.25) is 0 Å². The molecule has 22 heavy (non-hydrogen) atoms. The zero-order valence-corrected chi connectivity index (χ0v) is 13.0. The summed E-state index contributed by atoms with van der Waals surface area (Å²) in [4.78, 5) is 37.3. The molecule has 0 amide bonds. The zero-order valence-electron chi connectivity index (χ0n) is 13.0. The maximum atomic E-state index is 12.0. The van der Waals surface area contributed by atoms with Crippen molar-refractivity contribution in [2.75, 3.05) is 0 Å². The molecule has 3 atom stereocenters. The van der Waals surface area contributed by atoms with E-state index in [1.807, 2.05) is 0 Å². The fraction of sp³-hybridized carbons (Fsp3) is 0.643. The van der Waals surface area contributed by atoms with Crippen LogP contribution in [-0.2, 0) is 14.3 Å². The summed E-state index contributed by atoms with van der Waals surface area (Å²) in [5.74, 6) is -0.684. The molecule has 2 rings (SSSR count). The van der Waals surface area contributed by atoms with Gasteiger partial charge in [0.05, 0.1) is 6.10 Å². The second-order valence-corrected chi connectivity index (χ2v) is 6.33. The molecule has 1 aliphatic rings. The van der Waals surface area contributed by atoms with Gasteiger partial charge < -0.3 is 14.6 Å². The summed E-state index contributed by atoms with van der Waals surface area (Å²) in [5.41, 5.74) is -1.51. The normalized spacial score (nSPS) is 25.2. The van der Waals surface area contributed by atoms with Crippen LogP contribution < -0.4 is 11.2 Å². The van der Waals surface area contributed by atoms with E-state index in [2.05, 4.69) is 4.98 Å². The number of aryl methyl sites for hydroxylation is 1. The van der Waals surface area contributed by atoms with Gasteiger partial charge in [-0.05, 0) is 27.7 Å². The van der Waals surface area contributed by atoms with Crippen LogP contribution in [0.25, 0.3) is 0 Å². The number of aliphatic hydroxyl groups excluding tert-OH is 1. The summed E-state index contributed by atoms with van der Waals surface area (Å²) in [6.07, 6.45) is -1.69. The molecule has 8 heteroatoms. The third-order valence-corrected chi connectivity index (χ3v) is 3.19. The Balaban J connectivity index is 2.21. The first-order valence-corrected chi connectivity index (χ1v) is 6.97. The third kappa shape index (κ3) is 3.45. The molecular weight excluding hydrogens is 292 g/mol. The Kier molecular flexibility index (Phi) is 4.25. The van der Waals surface area contributed by atoms with Crippen molar-refractivity contribution in [3.63, 3.8) is 0 Å². The number of rotatable bonds is 2. The Morgan fingerprint density at radius 2 is 2.09 bits per heavy atom. The Labute approximate surface area is 126 Å². The average molecular weight is 312 g/mol. The first-order valence-electron chi connectivity index (χ1n) is 6.97. The molecule has 0 bridgehead atoms. The van der Waals surface area contributed by atoms with Crippen LogP contribution in [0.5, 0.6) is 0 Å². The van der Waals surface area contributed by atoms with Crippen molar-refractivity contribution in [1.82, 2.24) is 9.55 Å². The Morgan fingerprint density at radius 3 is 2.68 bits per heavy atom. The fourth-order valence-electron chi connectivity index (χ4n) is 2.20. The molecule has 0 aliphatic carbocycles. The number of hydrogen-bond acceptors (Lipinski definition) is 6. The number of aromatic amines is 1. The summed E-state index contributed by atoms with van der Waals surface area (Å²) >= 11 is 0. The minimum Gasteiger partial charge on any atom is -0.458 e. The van der Waals surface area contributed by atoms with Gasteiger partial charge in [-0.3, -0.25) is 14.3 Å². The van der Waals surface area contributed by atoms with Crippen LogP contribution in [-0.4, -0.2) is 38.4 Å². The fourth-order valence-corrected chi connectivity index (χ4v) is 2.20. The highest BCUT2D eigenvalue weighted by molar-refractivity contribution is 5.76. The van der Waals surface area contributed by atoms with Crippen molar-refractivity contribution in [2.24, 2.45) is 0 Å². The van der Waals surface area contributed by atoms with Gasteiger partial charge in [0, 0.05) is 18.2 Å². The number of esters is 1. The molecule has 1 aromatic heterocycles. The molecular formula is C14H20N2O6. The highest BCUT2D eigenvalue weighted by Crippen LogP contribution is 2.29. The molecule has 0 saturated carbocycles. The van der Waals surface area contributed by atoms with E-state index in [0.717, 1.165) is 4.57 Å². The van der Waals surface area contributed by atoms with E-state index in [4.69, 9.17) is 9.47 Å². The highest BCUT2D eigenvalue weighted by Gasteiger charge is 2.42. The van der Waals surface area contributed by atoms with E-state index >= 15 is 0 Å². The lowest BCUT2D eigenvalue weighted by atomic mass is 10.1. The monoisotopic (exact) mass is 312 g/mol. The standard InChI is InChI=1S/C14H20N2O6/c1-7-6-16(13(20)15-11(7)18)9-5-8(17)10(21-9)12(19)22-14(2,3)4/h6,8-10,17H,5H2,1-4H3,(H,15,18,20)/t8-,9+,10-/m0/s1. The van der Waals surface area contributed by atoms with Gasteiger partial charge in [0.15, 0.2) is 6.10 Å². The first-order chi connectivity index (χ1) is 10.1. The number of hydrogen-bond donors (Lipinski definition) is 2. The molecule has 1 aliphatic heterocycles. The van der Waals surface area contributed by atoms with Gasteiger partial charge in [0.2, 0.25) is 0 Å². The summed E-state index contributed by atoms with van der Waals surface area (Å²) in [6.45, 7) is 6.67. The second-order valence-electron chi connectivity index (χ2n) is 6.33. The van der Waals surface area contributed by atoms with Crippen LogP contribution >= 0.6 is 0 Å². The molecule has 1 saturated heterocycles. The van der Waals surface area contributed by atoms with E-state index in [-0.39, 0.29) is 6.42 Å². The number of aliphatic hydroxyl groups is 1. The van der Waals surface area contributed by atoms with E-state index in [1.54, 1.807) is 27.7 Å². The van der Waals surface area contributed by atoms with E-state index < -0.39 is 41.3 Å². The number of aromatic nitrogens is 2. The smallest absolute Gasteiger partial charge is 0.338 e. The maximum Gasteiger partial charge on any atom is 0.338 e. The van der Waals surface area contributed by atoms with Crippen LogP contribution in [0.4, 0.5) is 0 Å². The van der Waals surface area contributed by atoms with Crippen molar-refractivity contribution < 1.29 is 19.4 Å². The van der Waals surface area contributed by atoms with E-state index in [0.29, 0.717) is 5.56 Å². The molecule has 0 spiro atoms. The van der Waals surface area contributed by atoms with Gasteiger partial charge in [-0.2, -0.15) is 0 Å². The van der Waals surface area contributed by atoms with E-state index in [1.165, 1.54) is 6.20 Å². The van der Waals surface area contributed by atoms with Gasteiger partial charge in [-0.15, -0.1) is 0 Å². The Bertz CT molecular complexity index is 684. The Morgan fingerprint density at radius 1 is 1.45 bits per heavy atom. The van der Waals surface area contributed by atoms with Crippen molar-refractivity contribution >= 4 is 5.97 Å². The van der Waals surface area contributed by atoms with Gasteiger partial charge in [-0.1, -0.05) is 0 Å². The van der Waals surface area contributed by atoms with Crippen LogP contribution in [0, 0.1) is 6.92 Å². The average Bonchev–Trinajstić information content (AvgIpc) is 2.73. The quantitative estimate of drug-likeness (QED) is 0.734. The predicted molar refractivity (Wildman–Crippen MR) is 76.4 cm³/mol. The van der Waals surface area contributed by atoms with Crippen LogP contribution in [0.15, 0.2) is 15.8 Å². The van der Waals surface area contributed by atoms with Gasteiger partial charge in [0.1, 0.15) is 11.8 Å². The molecule has 2 N–H and O–H groups in total. The van der Waals surface area contributed by atoms with Crippen molar-refractivity contribution in [3.8, 4) is 0 Å². The number of carbonyl (C=O) groups excluding carboxylic acids is 1. The van der Waals surface area contributed by atoms with Gasteiger partial charge >= 0.3 is 11.7 Å². The number of H-pyrrole nitrogens is 1. The van der Waals surface area contributed by atoms with Crippen molar-refractivity contribution in [2.45, 2.75) is 58.2 Å². The van der Waals surface area contributed by atoms with Gasteiger partial charge in [-0.25, -0.2) is 9.59 Å².